The van der Waals surface area contributed by atoms with Gasteiger partial charge >= 0.3 is 0 Å². The minimum absolute atomic E-state index is 0.0412. The van der Waals surface area contributed by atoms with Crippen LogP contribution in [-0.2, 0) is 4.79 Å². The van der Waals surface area contributed by atoms with Crippen LogP contribution in [0.4, 0.5) is 11.6 Å². The molecule has 1 fully saturated rings. The summed E-state index contributed by atoms with van der Waals surface area (Å²) >= 11 is 0. The van der Waals surface area contributed by atoms with E-state index in [2.05, 4.69) is 44.1 Å². The molecule has 0 unspecified atom stereocenters. The van der Waals surface area contributed by atoms with E-state index in [4.69, 9.17) is 0 Å². The van der Waals surface area contributed by atoms with Gasteiger partial charge in [0.05, 0.1) is 6.54 Å². The third-order valence-electron chi connectivity index (χ3n) is 4.52. The van der Waals surface area contributed by atoms with Gasteiger partial charge in [0.1, 0.15) is 0 Å². The Kier molecular flexibility index (Phi) is 5.28. The molecule has 0 radical (unpaired) electrons. The van der Waals surface area contributed by atoms with E-state index in [1.54, 1.807) is 12.4 Å². The maximum atomic E-state index is 12.4. The highest BCUT2D eigenvalue weighted by Gasteiger charge is 2.20. The van der Waals surface area contributed by atoms with Gasteiger partial charge in [0.2, 0.25) is 11.9 Å². The van der Waals surface area contributed by atoms with Crippen molar-refractivity contribution in [1.82, 2.24) is 14.9 Å². The standard InChI is InChI=1S/C19H25N5O/c1-14-11-15(2)18(16(3)12-14)22-17(25)13-23-7-9-24(10-8-23)19-20-5-4-6-21-19/h4-6,11-12H,7-10,13H2,1-3H3,(H,22,25). The van der Waals surface area contributed by atoms with Gasteiger partial charge in [-0.2, -0.15) is 0 Å². The lowest BCUT2D eigenvalue weighted by molar-refractivity contribution is -0.117. The molecule has 0 bridgehead atoms. The van der Waals surface area contributed by atoms with E-state index in [0.29, 0.717) is 6.54 Å². The highest BCUT2D eigenvalue weighted by Crippen LogP contribution is 2.22. The zero-order chi connectivity index (χ0) is 17.8. The molecule has 1 aromatic heterocycles. The summed E-state index contributed by atoms with van der Waals surface area (Å²) in [5, 5.41) is 3.08. The second kappa shape index (κ2) is 7.61. The number of nitrogens with one attached hydrogen (secondary N) is 1. The smallest absolute Gasteiger partial charge is 0.238 e. The number of carbonyl (C=O) groups is 1. The van der Waals surface area contributed by atoms with Crippen molar-refractivity contribution >= 4 is 17.5 Å². The molecular weight excluding hydrogens is 314 g/mol. The average Bonchev–Trinajstić information content (AvgIpc) is 2.59. The summed E-state index contributed by atoms with van der Waals surface area (Å²) in [6.07, 6.45) is 3.52. The minimum atomic E-state index is 0.0412. The summed E-state index contributed by atoms with van der Waals surface area (Å²) in [6.45, 7) is 9.88. The molecule has 1 aliphatic heterocycles. The summed E-state index contributed by atoms with van der Waals surface area (Å²) < 4.78 is 0. The van der Waals surface area contributed by atoms with Crippen molar-refractivity contribution in [3.63, 3.8) is 0 Å². The lowest BCUT2D eigenvalue weighted by atomic mass is 10.1. The van der Waals surface area contributed by atoms with Crippen LogP contribution in [0.3, 0.4) is 0 Å². The molecule has 1 N–H and O–H groups in total. The Morgan fingerprint density at radius 1 is 1.04 bits per heavy atom. The molecule has 0 saturated carbocycles. The largest absolute Gasteiger partial charge is 0.338 e. The first kappa shape index (κ1) is 17.4. The van der Waals surface area contributed by atoms with Crippen molar-refractivity contribution in [1.29, 1.82) is 0 Å². The summed E-state index contributed by atoms with van der Waals surface area (Å²) in [6, 6.07) is 6.02. The molecule has 25 heavy (non-hydrogen) atoms. The molecule has 1 amide bonds. The van der Waals surface area contributed by atoms with Gasteiger partial charge in [-0.25, -0.2) is 9.97 Å². The Bertz CT molecular complexity index is 716. The molecule has 0 spiro atoms. The Balaban J connectivity index is 1.53. The topological polar surface area (TPSA) is 61.4 Å². The van der Waals surface area contributed by atoms with Crippen molar-refractivity contribution in [3.05, 3.63) is 47.3 Å². The van der Waals surface area contributed by atoms with Gasteiger partial charge < -0.3 is 10.2 Å². The number of rotatable bonds is 4. The molecule has 6 nitrogen and oxygen atoms in total. The van der Waals surface area contributed by atoms with Crippen LogP contribution in [0.2, 0.25) is 0 Å². The monoisotopic (exact) mass is 339 g/mol. The zero-order valence-electron chi connectivity index (χ0n) is 15.1. The quantitative estimate of drug-likeness (QED) is 0.925. The first-order valence-corrected chi connectivity index (χ1v) is 8.65. The fourth-order valence-corrected chi connectivity index (χ4v) is 3.32. The lowest BCUT2D eigenvalue weighted by Crippen LogP contribution is -2.49. The van der Waals surface area contributed by atoms with Crippen molar-refractivity contribution in [2.75, 3.05) is 42.9 Å². The first-order valence-electron chi connectivity index (χ1n) is 8.65. The fraction of sp³-hybridized carbons (Fsp3) is 0.421. The molecule has 0 aliphatic carbocycles. The number of carbonyl (C=O) groups excluding carboxylic acids is 1. The number of aromatic nitrogens is 2. The Morgan fingerprint density at radius 2 is 1.64 bits per heavy atom. The number of anilines is 2. The first-order chi connectivity index (χ1) is 12.0. The van der Waals surface area contributed by atoms with Gasteiger partial charge in [-0.1, -0.05) is 17.7 Å². The second-order valence-electron chi connectivity index (χ2n) is 6.63. The van der Waals surface area contributed by atoms with Crippen molar-refractivity contribution < 1.29 is 4.79 Å². The Hall–Kier alpha value is -2.47. The summed E-state index contributed by atoms with van der Waals surface area (Å²) in [5.41, 5.74) is 4.37. The SMILES string of the molecule is Cc1cc(C)c(NC(=O)CN2CCN(c3ncccn3)CC2)c(C)c1. The number of hydrogen-bond donors (Lipinski definition) is 1. The molecule has 6 heteroatoms. The van der Waals surface area contributed by atoms with E-state index < -0.39 is 0 Å². The summed E-state index contributed by atoms with van der Waals surface area (Å²) in [4.78, 5) is 25.3. The minimum Gasteiger partial charge on any atom is -0.338 e. The van der Waals surface area contributed by atoms with Crippen LogP contribution in [0, 0.1) is 20.8 Å². The lowest BCUT2D eigenvalue weighted by Gasteiger charge is -2.34. The number of piperazine rings is 1. The summed E-state index contributed by atoms with van der Waals surface area (Å²) in [7, 11) is 0. The molecule has 2 aromatic rings. The molecule has 0 atom stereocenters. The number of hydrogen-bond acceptors (Lipinski definition) is 5. The normalized spacial score (nSPS) is 15.2. The van der Waals surface area contributed by atoms with Crippen LogP contribution >= 0.6 is 0 Å². The van der Waals surface area contributed by atoms with Gasteiger partial charge in [-0.15, -0.1) is 0 Å². The van der Waals surface area contributed by atoms with Crippen LogP contribution in [0.25, 0.3) is 0 Å². The van der Waals surface area contributed by atoms with Gasteiger partial charge in [-0.3, -0.25) is 9.69 Å². The number of amides is 1. The predicted molar refractivity (Wildman–Crippen MR) is 100.0 cm³/mol. The van der Waals surface area contributed by atoms with Crippen LogP contribution in [-0.4, -0.2) is 53.5 Å². The van der Waals surface area contributed by atoms with Crippen LogP contribution in [0.5, 0.6) is 0 Å². The molecule has 132 valence electrons. The average molecular weight is 339 g/mol. The van der Waals surface area contributed by atoms with Crippen molar-refractivity contribution in [3.8, 4) is 0 Å². The summed E-state index contributed by atoms with van der Waals surface area (Å²) in [5.74, 6) is 0.803. The van der Waals surface area contributed by atoms with Gasteiger partial charge in [0.15, 0.2) is 0 Å². The maximum Gasteiger partial charge on any atom is 0.238 e. The van der Waals surface area contributed by atoms with Crippen LogP contribution in [0.1, 0.15) is 16.7 Å². The van der Waals surface area contributed by atoms with E-state index >= 15 is 0 Å². The molecule has 1 aromatic carbocycles. The fourth-order valence-electron chi connectivity index (χ4n) is 3.32. The van der Waals surface area contributed by atoms with Gasteiger partial charge in [0, 0.05) is 44.3 Å². The van der Waals surface area contributed by atoms with Crippen LogP contribution < -0.4 is 10.2 Å². The van der Waals surface area contributed by atoms with Gasteiger partial charge in [0.25, 0.3) is 0 Å². The van der Waals surface area contributed by atoms with Gasteiger partial charge in [-0.05, 0) is 38.0 Å². The highest BCUT2D eigenvalue weighted by molar-refractivity contribution is 5.93. The van der Waals surface area contributed by atoms with Crippen LogP contribution in [0.15, 0.2) is 30.6 Å². The number of nitrogens with zero attached hydrogens (tertiary/aromatic N) is 4. The molecule has 1 aliphatic rings. The maximum absolute atomic E-state index is 12.4. The highest BCUT2D eigenvalue weighted by atomic mass is 16.2. The molecular formula is C19H25N5O. The van der Waals surface area contributed by atoms with E-state index in [0.717, 1.165) is 48.9 Å². The van der Waals surface area contributed by atoms with E-state index in [1.807, 2.05) is 19.9 Å². The zero-order valence-corrected chi connectivity index (χ0v) is 15.1. The molecule has 2 heterocycles. The third kappa shape index (κ3) is 4.33. The second-order valence-corrected chi connectivity index (χ2v) is 6.63. The number of benzene rings is 1. The van der Waals surface area contributed by atoms with E-state index in [1.165, 1.54) is 5.56 Å². The molecule has 1 saturated heterocycles. The van der Waals surface area contributed by atoms with E-state index in [-0.39, 0.29) is 5.91 Å². The van der Waals surface area contributed by atoms with E-state index in [9.17, 15) is 4.79 Å². The predicted octanol–water partition coefficient (Wildman–Crippen LogP) is 2.16. The molecule has 3 rings (SSSR count). The Morgan fingerprint density at radius 3 is 2.24 bits per heavy atom. The Labute approximate surface area is 148 Å². The van der Waals surface area contributed by atoms with Crippen molar-refractivity contribution in [2.24, 2.45) is 0 Å². The third-order valence-corrected chi connectivity index (χ3v) is 4.52. The number of aryl methyl sites for hydroxylation is 3. The van der Waals surface area contributed by atoms with Crippen molar-refractivity contribution in [2.45, 2.75) is 20.8 Å².